The number of carbonyl (C=O) groups excluding carboxylic acids is 1. The molecule has 4 saturated carbocycles. The first-order valence-electron chi connectivity index (χ1n) is 7.74. The van der Waals surface area contributed by atoms with Gasteiger partial charge in [-0.15, -0.1) is 0 Å². The van der Waals surface area contributed by atoms with E-state index in [1.165, 1.54) is 38.5 Å². The van der Waals surface area contributed by atoms with Gasteiger partial charge in [-0.1, -0.05) is 34.6 Å². The van der Waals surface area contributed by atoms with E-state index < -0.39 is 0 Å². The normalized spacial score (nSPS) is 52.5. The molecule has 1 amide bonds. The van der Waals surface area contributed by atoms with Crippen molar-refractivity contribution in [2.45, 2.75) is 73.1 Å². The minimum Gasteiger partial charge on any atom is -0.369 e. The Hall–Kier alpha value is -0.530. The maximum atomic E-state index is 12.1. The molecule has 4 bridgehead atoms. The summed E-state index contributed by atoms with van der Waals surface area (Å²) < 4.78 is 0. The molecule has 0 spiro atoms. The van der Waals surface area contributed by atoms with E-state index in [-0.39, 0.29) is 16.7 Å². The van der Waals surface area contributed by atoms with Gasteiger partial charge in [0.1, 0.15) is 0 Å². The lowest BCUT2D eigenvalue weighted by Crippen LogP contribution is -2.64. The van der Waals surface area contributed by atoms with E-state index >= 15 is 0 Å². The summed E-state index contributed by atoms with van der Waals surface area (Å²) in [5.41, 5.74) is 6.80. The van der Waals surface area contributed by atoms with Gasteiger partial charge in [-0.3, -0.25) is 4.79 Å². The molecule has 2 heteroatoms. The van der Waals surface area contributed by atoms with Gasteiger partial charge in [-0.25, -0.2) is 0 Å². The van der Waals surface area contributed by atoms with Crippen LogP contribution in [0.5, 0.6) is 0 Å². The maximum Gasteiger partial charge on any atom is 0.223 e. The molecule has 0 aromatic rings. The third-order valence-corrected chi connectivity index (χ3v) is 6.80. The largest absolute Gasteiger partial charge is 0.369 e. The van der Waals surface area contributed by atoms with E-state index in [4.69, 9.17) is 5.73 Å². The van der Waals surface area contributed by atoms with Gasteiger partial charge in [-0.05, 0) is 60.2 Å². The van der Waals surface area contributed by atoms with Crippen LogP contribution in [0.25, 0.3) is 0 Å². The van der Waals surface area contributed by atoms with Gasteiger partial charge in [0.25, 0.3) is 0 Å². The monoisotopic (exact) mass is 263 g/mol. The molecule has 108 valence electrons. The van der Waals surface area contributed by atoms with Crippen molar-refractivity contribution in [3.63, 3.8) is 0 Å². The van der Waals surface area contributed by atoms with Crippen LogP contribution in [-0.4, -0.2) is 5.91 Å². The van der Waals surface area contributed by atoms with Gasteiger partial charge in [-0.2, -0.15) is 0 Å². The molecule has 0 saturated heterocycles. The molecule has 0 heterocycles. The van der Waals surface area contributed by atoms with Crippen LogP contribution in [0.3, 0.4) is 0 Å². The molecule has 4 rings (SSSR count). The molecule has 4 aliphatic rings. The minimum atomic E-state index is -0.377. The van der Waals surface area contributed by atoms with Crippen molar-refractivity contribution in [1.29, 1.82) is 0 Å². The third-order valence-electron chi connectivity index (χ3n) is 6.80. The van der Waals surface area contributed by atoms with Gasteiger partial charge in [0, 0.05) is 5.41 Å². The third kappa shape index (κ3) is 1.64. The standard InChI is InChI=1S/C17H29NO/c1-13(2,12(18)19)17-9-14(3)6-15(4,10-17)8-16(5,7-14)11-17/h6-11H2,1-5H3,(H2,18,19). The lowest BCUT2D eigenvalue weighted by atomic mass is 9.33. The Kier molecular flexibility index (Phi) is 2.27. The number of hydrogen-bond acceptors (Lipinski definition) is 1. The van der Waals surface area contributed by atoms with Crippen molar-refractivity contribution >= 4 is 5.91 Å². The summed E-state index contributed by atoms with van der Waals surface area (Å²) in [5.74, 6) is -0.106. The quantitative estimate of drug-likeness (QED) is 0.807. The van der Waals surface area contributed by atoms with E-state index in [1.54, 1.807) is 0 Å². The predicted octanol–water partition coefficient (Wildman–Crippen LogP) is 3.88. The smallest absolute Gasteiger partial charge is 0.223 e. The Bertz CT molecular complexity index is 397. The molecule has 0 aromatic heterocycles. The molecule has 0 aromatic carbocycles. The molecule has 0 unspecified atom stereocenters. The second-order valence-corrected chi connectivity index (χ2v) is 9.76. The lowest BCUT2D eigenvalue weighted by molar-refractivity contribution is -0.218. The van der Waals surface area contributed by atoms with Gasteiger partial charge in [0.05, 0.1) is 0 Å². The van der Waals surface area contributed by atoms with Gasteiger partial charge < -0.3 is 5.73 Å². The van der Waals surface area contributed by atoms with Crippen LogP contribution >= 0.6 is 0 Å². The first-order valence-corrected chi connectivity index (χ1v) is 7.74. The fourth-order valence-electron chi connectivity index (χ4n) is 7.22. The summed E-state index contributed by atoms with van der Waals surface area (Å²) in [6.45, 7) is 11.5. The van der Waals surface area contributed by atoms with Crippen molar-refractivity contribution < 1.29 is 4.79 Å². The van der Waals surface area contributed by atoms with Gasteiger partial charge in [0.15, 0.2) is 0 Å². The number of primary amides is 1. The Morgan fingerprint density at radius 3 is 1.42 bits per heavy atom. The summed E-state index contributed by atoms with van der Waals surface area (Å²) >= 11 is 0. The Labute approximate surface area is 117 Å². The highest BCUT2D eigenvalue weighted by atomic mass is 16.1. The summed E-state index contributed by atoms with van der Waals surface area (Å²) in [6, 6.07) is 0. The number of amides is 1. The summed E-state index contributed by atoms with van der Waals surface area (Å²) in [7, 11) is 0. The summed E-state index contributed by atoms with van der Waals surface area (Å²) in [4.78, 5) is 12.1. The molecule has 0 radical (unpaired) electrons. The van der Waals surface area contributed by atoms with Crippen molar-refractivity contribution in [3.8, 4) is 0 Å². The number of hydrogen-bond donors (Lipinski definition) is 1. The molecule has 4 fully saturated rings. The van der Waals surface area contributed by atoms with Gasteiger partial charge in [0.2, 0.25) is 5.91 Å². The van der Waals surface area contributed by atoms with E-state index in [9.17, 15) is 4.79 Å². The molecular formula is C17H29NO. The van der Waals surface area contributed by atoms with Crippen molar-refractivity contribution in [1.82, 2.24) is 0 Å². The van der Waals surface area contributed by atoms with Crippen molar-refractivity contribution in [3.05, 3.63) is 0 Å². The lowest BCUT2D eigenvalue weighted by Gasteiger charge is -2.72. The molecule has 2 nitrogen and oxygen atoms in total. The average molecular weight is 263 g/mol. The minimum absolute atomic E-state index is 0.106. The molecular weight excluding hydrogens is 234 g/mol. The van der Waals surface area contributed by atoms with Crippen LogP contribution in [0.4, 0.5) is 0 Å². The topological polar surface area (TPSA) is 43.1 Å². The van der Waals surface area contributed by atoms with Crippen molar-refractivity contribution in [2.24, 2.45) is 32.8 Å². The van der Waals surface area contributed by atoms with Gasteiger partial charge >= 0.3 is 0 Å². The first kappa shape index (κ1) is 13.5. The second kappa shape index (κ2) is 3.20. The highest BCUT2D eigenvalue weighted by Crippen LogP contribution is 2.76. The molecule has 4 aliphatic carbocycles. The number of nitrogens with two attached hydrogens (primary N) is 1. The second-order valence-electron chi connectivity index (χ2n) is 9.76. The SMILES string of the molecule is CC12CC3(C)CC(C)(C1)CC(C(C)(C)C(N)=O)(C2)C3. The van der Waals surface area contributed by atoms with Crippen LogP contribution in [0.15, 0.2) is 0 Å². The highest BCUT2D eigenvalue weighted by molar-refractivity contribution is 5.81. The van der Waals surface area contributed by atoms with Crippen LogP contribution in [-0.2, 0) is 4.79 Å². The number of carbonyl (C=O) groups is 1. The highest BCUT2D eigenvalue weighted by Gasteiger charge is 2.68. The average Bonchev–Trinajstić information content (AvgIpc) is 2.08. The van der Waals surface area contributed by atoms with E-state index in [2.05, 4.69) is 34.6 Å². The summed E-state index contributed by atoms with van der Waals surface area (Å²) in [5, 5.41) is 0. The van der Waals surface area contributed by atoms with Crippen LogP contribution in [0.1, 0.15) is 73.1 Å². The zero-order valence-corrected chi connectivity index (χ0v) is 13.2. The maximum absolute atomic E-state index is 12.1. The molecule has 0 aliphatic heterocycles. The zero-order valence-electron chi connectivity index (χ0n) is 13.2. The summed E-state index contributed by atoms with van der Waals surface area (Å²) in [6.07, 6.45) is 7.61. The van der Waals surface area contributed by atoms with Crippen LogP contribution in [0.2, 0.25) is 0 Å². The van der Waals surface area contributed by atoms with E-state index in [1.807, 2.05) is 0 Å². The first-order chi connectivity index (χ1) is 8.44. The van der Waals surface area contributed by atoms with Crippen LogP contribution in [0, 0.1) is 27.1 Å². The Morgan fingerprint density at radius 1 is 0.842 bits per heavy atom. The van der Waals surface area contributed by atoms with Crippen LogP contribution < -0.4 is 5.73 Å². The Morgan fingerprint density at radius 2 is 1.16 bits per heavy atom. The predicted molar refractivity (Wildman–Crippen MR) is 77.4 cm³/mol. The molecule has 2 N–H and O–H groups in total. The number of rotatable bonds is 2. The fourth-order valence-corrected chi connectivity index (χ4v) is 7.22. The molecule has 19 heavy (non-hydrogen) atoms. The fraction of sp³-hybridized carbons (Fsp3) is 0.941. The van der Waals surface area contributed by atoms with E-state index in [0.29, 0.717) is 16.2 Å². The van der Waals surface area contributed by atoms with Crippen molar-refractivity contribution in [2.75, 3.05) is 0 Å². The van der Waals surface area contributed by atoms with E-state index in [0.717, 1.165) is 0 Å². The molecule has 0 atom stereocenters. The Balaban J connectivity index is 2.12. The zero-order chi connectivity index (χ0) is 14.3.